The average Bonchev–Trinajstić information content (AvgIpc) is 2.35. The van der Waals surface area contributed by atoms with Crippen molar-refractivity contribution in [2.75, 3.05) is 0 Å². The quantitative estimate of drug-likeness (QED) is 0.469. The van der Waals surface area contributed by atoms with Gasteiger partial charge < -0.3 is 9.11 Å². The summed E-state index contributed by atoms with van der Waals surface area (Å²) in [6.45, 7) is 0. The molecule has 0 heterocycles. The Bertz CT molecular complexity index is 884. The molecular weight excluding hydrogens is 486 g/mol. The number of rotatable bonds is 2. The predicted octanol–water partition coefficient (Wildman–Crippen LogP) is 3.41. The van der Waals surface area contributed by atoms with Gasteiger partial charge >= 0.3 is 37.7 Å². The summed E-state index contributed by atoms with van der Waals surface area (Å²) < 4.78 is 62.9. The molecule has 0 bridgehead atoms. The maximum Gasteiger partial charge on any atom is 2.00 e. The third-order valence-corrected chi connectivity index (χ3v) is 5.44. The summed E-state index contributed by atoms with van der Waals surface area (Å²) in [5.41, 5.74) is 0. The van der Waals surface area contributed by atoms with Gasteiger partial charge in [-0.2, -0.15) is 0 Å². The molecule has 6 nitrogen and oxygen atoms in total. The first-order valence-electron chi connectivity index (χ1n) is 5.64. The smallest absolute Gasteiger partial charge is 0.744 e. The van der Waals surface area contributed by atoms with Crippen LogP contribution in [0.5, 0.6) is 0 Å². The number of hydrogen-bond acceptors (Lipinski definition) is 6. The average molecular weight is 492 g/mol. The summed E-state index contributed by atoms with van der Waals surface area (Å²) in [5.74, 6) is 0. The maximum atomic E-state index is 10.5. The first-order valence-corrected chi connectivity index (χ1v) is 9.97. The Labute approximate surface area is 194 Å². The van der Waals surface area contributed by atoms with Crippen LogP contribution in [0.4, 0.5) is 0 Å². The molecule has 13 heteroatoms. The van der Waals surface area contributed by atoms with Crippen molar-refractivity contribution in [3.8, 4) is 0 Å². The van der Waals surface area contributed by atoms with Crippen molar-refractivity contribution < 1.29 is 25.9 Å². The van der Waals surface area contributed by atoms with Gasteiger partial charge in [0.05, 0.1) is 19.8 Å². The van der Waals surface area contributed by atoms with Crippen molar-refractivity contribution in [2.24, 2.45) is 0 Å². The van der Waals surface area contributed by atoms with Gasteiger partial charge in [0.2, 0.25) is 0 Å². The van der Waals surface area contributed by atoms with E-state index in [-0.39, 0.29) is 57.8 Å². The molecule has 0 amide bonds. The number of benzene rings is 2. The van der Waals surface area contributed by atoms with E-state index in [0.29, 0.717) is 0 Å². The molecule has 0 unspecified atom stereocenters. The van der Waals surface area contributed by atoms with Gasteiger partial charge in [0, 0.05) is 10.0 Å². The van der Waals surface area contributed by atoms with E-state index in [1.807, 2.05) is 0 Å². The zero-order valence-electron chi connectivity index (χ0n) is 11.9. The summed E-state index contributed by atoms with van der Waals surface area (Å²) in [6.07, 6.45) is 0. The topological polar surface area (TPSA) is 114 Å². The second-order valence-electron chi connectivity index (χ2n) is 4.06. The zero-order chi connectivity index (χ0) is 18.7. The Morgan fingerprint density at radius 2 is 0.920 bits per heavy atom. The second-order valence-corrected chi connectivity index (χ2v) is 8.44. The van der Waals surface area contributed by atoms with Crippen LogP contribution >= 0.6 is 46.4 Å². The third-order valence-electron chi connectivity index (χ3n) is 2.33. The van der Waals surface area contributed by atoms with Gasteiger partial charge in [-0.1, -0.05) is 46.4 Å². The van der Waals surface area contributed by atoms with Crippen LogP contribution in [-0.2, 0) is 20.2 Å². The molecule has 0 aliphatic rings. The van der Waals surface area contributed by atoms with Crippen LogP contribution < -0.4 is 0 Å². The van der Waals surface area contributed by atoms with Gasteiger partial charge in [0.15, 0.2) is 0 Å². The Kier molecular flexibility index (Phi) is 10.6. The van der Waals surface area contributed by atoms with Gasteiger partial charge in [-0.3, -0.25) is 0 Å². The normalized spacial score (nSPS) is 11.1. The molecule has 2 aromatic rings. The van der Waals surface area contributed by atoms with Crippen molar-refractivity contribution >= 4 is 104 Å². The van der Waals surface area contributed by atoms with Crippen LogP contribution in [-0.4, -0.2) is 63.7 Å². The second kappa shape index (κ2) is 10.3. The van der Waals surface area contributed by atoms with E-state index in [0.717, 1.165) is 12.1 Å². The van der Waals surface area contributed by atoms with E-state index in [1.165, 1.54) is 24.3 Å². The Hall–Kier alpha value is 0.680. The van der Waals surface area contributed by atoms with E-state index in [9.17, 15) is 25.9 Å². The van der Waals surface area contributed by atoms with Crippen LogP contribution in [0.15, 0.2) is 46.2 Å². The van der Waals surface area contributed by atoms with E-state index in [1.54, 1.807) is 0 Å². The molecule has 0 aliphatic heterocycles. The van der Waals surface area contributed by atoms with Crippen LogP contribution in [0.1, 0.15) is 0 Å². The third kappa shape index (κ3) is 8.48. The van der Waals surface area contributed by atoms with Crippen LogP contribution in [0.3, 0.4) is 0 Å². The van der Waals surface area contributed by atoms with Crippen molar-refractivity contribution in [1.29, 1.82) is 0 Å². The van der Waals surface area contributed by atoms with E-state index >= 15 is 0 Å². The molecule has 0 spiro atoms. The molecule has 0 aromatic heterocycles. The molecule has 2 aromatic carbocycles. The van der Waals surface area contributed by atoms with E-state index in [4.69, 9.17) is 46.4 Å². The van der Waals surface area contributed by atoms with E-state index in [2.05, 4.69) is 0 Å². The van der Waals surface area contributed by atoms with Crippen molar-refractivity contribution in [2.45, 2.75) is 9.79 Å². The summed E-state index contributed by atoms with van der Waals surface area (Å²) in [5, 5.41) is 0.259. The molecule has 2 rings (SSSR count). The first-order chi connectivity index (χ1) is 10.8. The molecule has 0 saturated heterocycles. The van der Waals surface area contributed by atoms with Crippen molar-refractivity contribution in [3.63, 3.8) is 0 Å². The summed E-state index contributed by atoms with van der Waals surface area (Å²) in [7, 11) is -8.98. The van der Waals surface area contributed by atoms with Gasteiger partial charge in [0.1, 0.15) is 20.2 Å². The van der Waals surface area contributed by atoms with E-state index < -0.39 is 30.0 Å². The van der Waals surface area contributed by atoms with Crippen molar-refractivity contribution in [1.82, 2.24) is 0 Å². The fourth-order valence-electron chi connectivity index (χ4n) is 1.36. The molecule has 0 N–H and O–H groups in total. The minimum absolute atomic E-state index is 0. The molecule has 25 heavy (non-hydrogen) atoms. The molecule has 0 aliphatic carbocycles. The molecular formula is C12H6CaCl4O6S2. The van der Waals surface area contributed by atoms with Crippen LogP contribution in [0, 0.1) is 0 Å². The standard InChI is InChI=1S/2C6H4Cl2O3S.Ca/c2*7-4-1-2-6(5(8)3-4)12(9,10)11;/h2*1-3H,(H,9,10,11);/q;;+2/p-2. The summed E-state index contributed by atoms with van der Waals surface area (Å²) >= 11 is 21.9. The van der Waals surface area contributed by atoms with Gasteiger partial charge in [-0.05, 0) is 36.4 Å². The fraction of sp³-hybridized carbons (Fsp3) is 0. The predicted molar refractivity (Wildman–Crippen MR) is 94.6 cm³/mol. The summed E-state index contributed by atoms with van der Waals surface area (Å²) in [4.78, 5) is -0.901. The van der Waals surface area contributed by atoms with Crippen molar-refractivity contribution in [3.05, 3.63) is 56.5 Å². The number of halogens is 4. The Morgan fingerprint density at radius 1 is 0.640 bits per heavy atom. The number of hydrogen-bond donors (Lipinski definition) is 0. The van der Waals surface area contributed by atoms with Gasteiger partial charge in [-0.15, -0.1) is 0 Å². The molecule has 132 valence electrons. The fourth-order valence-corrected chi connectivity index (χ4v) is 3.80. The molecule has 0 radical (unpaired) electrons. The summed E-state index contributed by atoms with van der Waals surface area (Å²) in [6, 6.07) is 7.14. The minimum atomic E-state index is -4.49. The Morgan fingerprint density at radius 3 is 1.12 bits per heavy atom. The minimum Gasteiger partial charge on any atom is -0.744 e. The molecule has 0 fully saturated rings. The first kappa shape index (κ1) is 25.7. The van der Waals surface area contributed by atoms with Gasteiger partial charge in [-0.25, -0.2) is 16.8 Å². The Balaban J connectivity index is 0.000000443. The zero-order valence-corrected chi connectivity index (χ0v) is 18.8. The maximum absolute atomic E-state index is 10.5. The largest absolute Gasteiger partial charge is 2.00 e. The monoisotopic (exact) mass is 490 g/mol. The molecule has 0 atom stereocenters. The molecule has 0 saturated carbocycles. The van der Waals surface area contributed by atoms with Gasteiger partial charge in [0.25, 0.3) is 0 Å². The van der Waals surface area contributed by atoms with Crippen LogP contribution in [0.2, 0.25) is 20.1 Å². The SMILES string of the molecule is O=S(=O)([O-])c1ccc(Cl)cc1Cl.O=S(=O)([O-])c1ccc(Cl)cc1Cl.[Ca+2]. The van der Waals surface area contributed by atoms with Crippen LogP contribution in [0.25, 0.3) is 0 Å².